The molecular formula is C17H23N3. The first-order valence-corrected chi connectivity index (χ1v) is 7.19. The number of anilines is 1. The Hall–Kier alpha value is -1.90. The summed E-state index contributed by atoms with van der Waals surface area (Å²) < 4.78 is 0. The van der Waals surface area contributed by atoms with Crippen molar-refractivity contribution >= 4 is 5.82 Å². The Morgan fingerprint density at radius 1 is 1.00 bits per heavy atom. The van der Waals surface area contributed by atoms with Crippen LogP contribution in [0.2, 0.25) is 0 Å². The van der Waals surface area contributed by atoms with Crippen LogP contribution in [0.3, 0.4) is 0 Å². The minimum Gasteiger partial charge on any atom is -0.384 e. The van der Waals surface area contributed by atoms with E-state index in [0.717, 1.165) is 23.5 Å². The number of nitrogens with zero attached hydrogens (tertiary/aromatic N) is 2. The highest BCUT2D eigenvalue weighted by Gasteiger charge is 2.08. The molecule has 0 aliphatic carbocycles. The number of rotatable bonds is 4. The van der Waals surface area contributed by atoms with Crippen LogP contribution in [0.25, 0.3) is 11.4 Å². The summed E-state index contributed by atoms with van der Waals surface area (Å²) in [6, 6.07) is 10.3. The fourth-order valence-electron chi connectivity index (χ4n) is 2.19. The molecule has 0 atom stereocenters. The SMILES string of the molecule is CC(C)Cc1cc(N)nc(-c2ccc(C(C)C)cc2)n1. The molecule has 0 saturated carbocycles. The van der Waals surface area contributed by atoms with Crippen molar-refractivity contribution in [3.05, 3.63) is 41.6 Å². The second-order valence-electron chi connectivity index (χ2n) is 5.98. The molecule has 0 bridgehead atoms. The van der Waals surface area contributed by atoms with Crippen LogP contribution in [0.1, 0.15) is 44.9 Å². The quantitative estimate of drug-likeness (QED) is 0.911. The van der Waals surface area contributed by atoms with Gasteiger partial charge in [-0.15, -0.1) is 0 Å². The molecule has 0 unspecified atom stereocenters. The van der Waals surface area contributed by atoms with Gasteiger partial charge in [0.25, 0.3) is 0 Å². The first kappa shape index (κ1) is 14.5. The standard InChI is InChI=1S/C17H23N3/c1-11(2)9-15-10-16(18)20-17(19-15)14-7-5-13(6-8-14)12(3)4/h5-8,10-12H,9H2,1-4H3,(H2,18,19,20). The van der Waals surface area contributed by atoms with Crippen LogP contribution in [0.15, 0.2) is 30.3 Å². The lowest BCUT2D eigenvalue weighted by Crippen LogP contribution is -2.03. The molecule has 0 amide bonds. The van der Waals surface area contributed by atoms with E-state index in [9.17, 15) is 0 Å². The van der Waals surface area contributed by atoms with Gasteiger partial charge in [0.15, 0.2) is 5.82 Å². The Kier molecular flexibility index (Phi) is 4.38. The lowest BCUT2D eigenvalue weighted by atomic mass is 10.0. The lowest BCUT2D eigenvalue weighted by Gasteiger charge is -2.09. The molecule has 106 valence electrons. The molecule has 0 aliphatic rings. The van der Waals surface area contributed by atoms with Crippen LogP contribution in [-0.4, -0.2) is 9.97 Å². The van der Waals surface area contributed by atoms with Crippen LogP contribution in [0, 0.1) is 5.92 Å². The van der Waals surface area contributed by atoms with Crippen molar-refractivity contribution in [2.24, 2.45) is 5.92 Å². The van der Waals surface area contributed by atoms with Crippen LogP contribution in [0.5, 0.6) is 0 Å². The Morgan fingerprint density at radius 3 is 2.20 bits per heavy atom. The molecular weight excluding hydrogens is 246 g/mol. The topological polar surface area (TPSA) is 51.8 Å². The summed E-state index contributed by atoms with van der Waals surface area (Å²) in [7, 11) is 0. The van der Waals surface area contributed by atoms with E-state index in [4.69, 9.17) is 5.73 Å². The molecule has 1 heterocycles. The monoisotopic (exact) mass is 269 g/mol. The zero-order valence-electron chi connectivity index (χ0n) is 12.7. The van der Waals surface area contributed by atoms with Crippen molar-refractivity contribution in [3.8, 4) is 11.4 Å². The first-order chi connectivity index (χ1) is 9.45. The molecule has 3 nitrogen and oxygen atoms in total. The Morgan fingerprint density at radius 2 is 1.65 bits per heavy atom. The maximum atomic E-state index is 5.90. The van der Waals surface area contributed by atoms with E-state index >= 15 is 0 Å². The van der Waals surface area contributed by atoms with E-state index < -0.39 is 0 Å². The molecule has 2 N–H and O–H groups in total. The maximum Gasteiger partial charge on any atom is 0.161 e. The molecule has 0 aliphatic heterocycles. The summed E-state index contributed by atoms with van der Waals surface area (Å²) in [5, 5.41) is 0. The Labute approximate surface area is 121 Å². The fraction of sp³-hybridized carbons (Fsp3) is 0.412. The third-order valence-electron chi connectivity index (χ3n) is 3.25. The number of aromatic nitrogens is 2. The van der Waals surface area contributed by atoms with Crippen molar-refractivity contribution < 1.29 is 0 Å². The molecule has 0 fully saturated rings. The van der Waals surface area contributed by atoms with Gasteiger partial charge in [-0.25, -0.2) is 9.97 Å². The van der Waals surface area contributed by atoms with E-state index in [1.165, 1.54) is 5.56 Å². The Bertz CT molecular complexity index is 571. The van der Waals surface area contributed by atoms with Gasteiger partial charge in [0.05, 0.1) is 0 Å². The van der Waals surface area contributed by atoms with Gasteiger partial charge in [-0.05, 0) is 23.8 Å². The zero-order valence-corrected chi connectivity index (χ0v) is 12.7. The van der Waals surface area contributed by atoms with E-state index in [1.807, 2.05) is 6.07 Å². The molecule has 2 rings (SSSR count). The Balaban J connectivity index is 2.34. The molecule has 1 aromatic carbocycles. The van der Waals surface area contributed by atoms with Crippen molar-refractivity contribution in [2.75, 3.05) is 5.73 Å². The molecule has 0 radical (unpaired) electrons. The lowest BCUT2D eigenvalue weighted by molar-refractivity contribution is 0.635. The van der Waals surface area contributed by atoms with Crippen LogP contribution in [-0.2, 0) is 6.42 Å². The fourth-order valence-corrected chi connectivity index (χ4v) is 2.19. The summed E-state index contributed by atoms with van der Waals surface area (Å²) in [4.78, 5) is 8.98. The average molecular weight is 269 g/mol. The van der Waals surface area contributed by atoms with E-state index in [-0.39, 0.29) is 0 Å². The van der Waals surface area contributed by atoms with Gasteiger partial charge in [-0.3, -0.25) is 0 Å². The highest BCUT2D eigenvalue weighted by Crippen LogP contribution is 2.21. The summed E-state index contributed by atoms with van der Waals surface area (Å²) in [5.74, 6) is 2.34. The van der Waals surface area contributed by atoms with Gasteiger partial charge in [-0.1, -0.05) is 52.0 Å². The van der Waals surface area contributed by atoms with Crippen LogP contribution in [0.4, 0.5) is 5.82 Å². The first-order valence-electron chi connectivity index (χ1n) is 7.19. The number of nitrogens with two attached hydrogens (primary N) is 1. The number of hydrogen-bond donors (Lipinski definition) is 1. The largest absolute Gasteiger partial charge is 0.384 e. The zero-order chi connectivity index (χ0) is 14.7. The van der Waals surface area contributed by atoms with E-state index in [2.05, 4.69) is 61.9 Å². The van der Waals surface area contributed by atoms with Gasteiger partial charge in [0.2, 0.25) is 0 Å². The van der Waals surface area contributed by atoms with Gasteiger partial charge in [0.1, 0.15) is 5.82 Å². The molecule has 3 heteroatoms. The predicted molar refractivity (Wildman–Crippen MR) is 84.5 cm³/mol. The normalized spacial score (nSPS) is 11.3. The summed E-state index contributed by atoms with van der Waals surface area (Å²) >= 11 is 0. The smallest absolute Gasteiger partial charge is 0.161 e. The van der Waals surface area contributed by atoms with Crippen LogP contribution >= 0.6 is 0 Å². The number of nitrogen functional groups attached to an aromatic ring is 1. The van der Waals surface area contributed by atoms with Crippen molar-refractivity contribution in [1.82, 2.24) is 9.97 Å². The third-order valence-corrected chi connectivity index (χ3v) is 3.25. The van der Waals surface area contributed by atoms with E-state index in [0.29, 0.717) is 17.7 Å². The summed E-state index contributed by atoms with van der Waals surface area (Å²) in [6.45, 7) is 8.73. The van der Waals surface area contributed by atoms with Crippen molar-refractivity contribution in [3.63, 3.8) is 0 Å². The molecule has 0 saturated heterocycles. The minimum absolute atomic E-state index is 0.530. The second kappa shape index (κ2) is 6.04. The second-order valence-corrected chi connectivity index (χ2v) is 5.98. The van der Waals surface area contributed by atoms with Gasteiger partial charge < -0.3 is 5.73 Å². The highest BCUT2D eigenvalue weighted by molar-refractivity contribution is 5.57. The third kappa shape index (κ3) is 3.56. The van der Waals surface area contributed by atoms with Gasteiger partial charge >= 0.3 is 0 Å². The molecule has 20 heavy (non-hydrogen) atoms. The highest BCUT2D eigenvalue weighted by atomic mass is 14.9. The maximum absolute atomic E-state index is 5.90. The van der Waals surface area contributed by atoms with Crippen molar-refractivity contribution in [2.45, 2.75) is 40.0 Å². The molecule has 1 aromatic heterocycles. The summed E-state index contributed by atoms with van der Waals surface area (Å²) in [6.07, 6.45) is 0.920. The summed E-state index contributed by atoms with van der Waals surface area (Å²) in [5.41, 5.74) is 9.25. The molecule has 2 aromatic rings. The van der Waals surface area contributed by atoms with Gasteiger partial charge in [-0.2, -0.15) is 0 Å². The van der Waals surface area contributed by atoms with Gasteiger partial charge in [0, 0.05) is 17.3 Å². The average Bonchev–Trinajstić information content (AvgIpc) is 2.37. The number of hydrogen-bond acceptors (Lipinski definition) is 3. The predicted octanol–water partition coefficient (Wildman–Crippen LogP) is 4.05. The molecule has 0 spiro atoms. The van der Waals surface area contributed by atoms with Crippen molar-refractivity contribution in [1.29, 1.82) is 0 Å². The van der Waals surface area contributed by atoms with Crippen LogP contribution < -0.4 is 5.73 Å². The number of benzene rings is 1. The minimum atomic E-state index is 0.530. The van der Waals surface area contributed by atoms with E-state index in [1.54, 1.807) is 0 Å².